The van der Waals surface area contributed by atoms with Gasteiger partial charge in [-0.3, -0.25) is 10.1 Å². The van der Waals surface area contributed by atoms with Crippen LogP contribution in [0.25, 0.3) is 0 Å². The van der Waals surface area contributed by atoms with Crippen molar-refractivity contribution < 1.29 is 10.0 Å². The maximum atomic E-state index is 9.16. The van der Waals surface area contributed by atoms with Gasteiger partial charge in [0, 0.05) is 0 Å². The van der Waals surface area contributed by atoms with E-state index in [9.17, 15) is 0 Å². The molecule has 34 valence electrons. The average Bonchev–Trinajstić information content (AvgIpc) is 1.35. The van der Waals surface area contributed by atoms with Gasteiger partial charge in [0.2, 0.25) is 0 Å². The van der Waals surface area contributed by atoms with Crippen LogP contribution in [-0.2, 0) is 0 Å². The van der Waals surface area contributed by atoms with Crippen LogP contribution in [0.15, 0.2) is 12.5 Å². The van der Waals surface area contributed by atoms with Crippen molar-refractivity contribution in [2.24, 2.45) is 0 Å². The zero-order valence-electron chi connectivity index (χ0n) is 2.87. The number of hydrogen-bond donors (Lipinski definition) is 1. The van der Waals surface area contributed by atoms with Crippen LogP contribution in [0.4, 0.5) is 0 Å². The second kappa shape index (κ2) is 2.19. The number of aliphatic hydroxyl groups is 1. The summed E-state index contributed by atoms with van der Waals surface area (Å²) in [7, 11) is 0. The van der Waals surface area contributed by atoms with Crippen LogP contribution < -0.4 is 0 Å². The Morgan fingerprint density at radius 1 is 1.83 bits per heavy atom. The number of nitrogens with zero attached hydrogens (tertiary/aromatic N) is 1. The average molecular weight is 89.0 g/mol. The summed E-state index contributed by atoms with van der Waals surface area (Å²) in [6, 6.07) is 0. The van der Waals surface area contributed by atoms with Gasteiger partial charge in [0.15, 0.2) is 0 Å². The molecule has 0 aliphatic carbocycles. The lowest BCUT2D eigenvalue weighted by Gasteiger charge is -1.68. The molecule has 0 radical (unpaired) electrons. The second-order valence-electron chi connectivity index (χ2n) is 0.583. The number of hydrogen-bond acceptors (Lipinski definition) is 3. The van der Waals surface area contributed by atoms with E-state index in [1.807, 2.05) is 0 Å². The fourth-order valence-electron chi connectivity index (χ4n) is 0.0544. The Bertz CT molecular complexity index is 76.9. The van der Waals surface area contributed by atoms with Crippen molar-refractivity contribution in [1.82, 2.24) is 0 Å². The summed E-state index contributed by atoms with van der Waals surface area (Å²) in [5.74, 6) is 0. The molecule has 0 aliphatic rings. The van der Waals surface area contributed by atoms with Crippen molar-refractivity contribution in [1.29, 1.82) is 0 Å². The van der Waals surface area contributed by atoms with Crippen LogP contribution >= 0.6 is 0 Å². The molecule has 6 heavy (non-hydrogen) atoms. The van der Waals surface area contributed by atoms with E-state index in [1.165, 1.54) is 0 Å². The maximum Gasteiger partial charge on any atom is 0.268 e. The topological polar surface area (TPSA) is 63.4 Å². The van der Waals surface area contributed by atoms with Gasteiger partial charge in [0.05, 0.1) is 4.92 Å². The molecular formula is C2H3NO3. The van der Waals surface area contributed by atoms with Crippen molar-refractivity contribution in [3.05, 3.63) is 22.6 Å². The first-order valence-electron chi connectivity index (χ1n) is 1.21. The van der Waals surface area contributed by atoms with Gasteiger partial charge in [-0.05, 0) is 0 Å². The third-order valence-electron chi connectivity index (χ3n) is 0.188. The Morgan fingerprint density at radius 2 is 2.33 bits per heavy atom. The molecule has 1 N–H and O–H groups in total. The van der Waals surface area contributed by atoms with Gasteiger partial charge in [-0.15, -0.1) is 0 Å². The summed E-state index contributed by atoms with van der Waals surface area (Å²) in [5.41, 5.74) is 0. The van der Waals surface area contributed by atoms with E-state index in [-0.39, 0.29) is 0 Å². The predicted molar refractivity (Wildman–Crippen MR) is 18.8 cm³/mol. The standard InChI is InChI=1S/C2H3NO3/c4-2-1-3(5)6/h1-2,4H/b2-1-. The molecular weight excluding hydrogens is 86.0 g/mol. The molecule has 0 unspecified atom stereocenters. The summed E-state index contributed by atoms with van der Waals surface area (Å²) >= 11 is 0. The van der Waals surface area contributed by atoms with E-state index in [1.54, 1.807) is 0 Å². The van der Waals surface area contributed by atoms with Gasteiger partial charge in [-0.25, -0.2) is 0 Å². The first-order chi connectivity index (χ1) is 2.77. The van der Waals surface area contributed by atoms with Crippen LogP contribution in [0.2, 0.25) is 0 Å². The molecule has 0 rings (SSSR count). The van der Waals surface area contributed by atoms with E-state index in [2.05, 4.69) is 0 Å². The van der Waals surface area contributed by atoms with Gasteiger partial charge in [0.1, 0.15) is 6.26 Å². The SMILES string of the molecule is O=[N+]([O-])/C=C\O. The van der Waals surface area contributed by atoms with E-state index >= 15 is 0 Å². The molecule has 4 heteroatoms. The second-order valence-corrected chi connectivity index (χ2v) is 0.583. The largest absolute Gasteiger partial charge is 0.509 e. The third-order valence-corrected chi connectivity index (χ3v) is 0.188. The van der Waals surface area contributed by atoms with Gasteiger partial charge in [0.25, 0.3) is 6.20 Å². The molecule has 0 aromatic heterocycles. The highest BCUT2D eigenvalue weighted by atomic mass is 16.6. The first-order valence-corrected chi connectivity index (χ1v) is 1.21. The lowest BCUT2D eigenvalue weighted by molar-refractivity contribution is -0.403. The summed E-state index contributed by atoms with van der Waals surface area (Å²) in [6.45, 7) is 0. The molecule has 4 nitrogen and oxygen atoms in total. The summed E-state index contributed by atoms with van der Waals surface area (Å²) < 4.78 is 0. The highest BCUT2D eigenvalue weighted by Crippen LogP contribution is 1.64. The lowest BCUT2D eigenvalue weighted by Crippen LogP contribution is -1.80. The number of aliphatic hydroxyl groups excluding tert-OH is 1. The number of nitro groups is 1. The monoisotopic (exact) mass is 89.0 g/mol. The van der Waals surface area contributed by atoms with E-state index in [0.29, 0.717) is 12.5 Å². The van der Waals surface area contributed by atoms with Gasteiger partial charge in [-0.1, -0.05) is 0 Å². The van der Waals surface area contributed by atoms with Crippen molar-refractivity contribution >= 4 is 0 Å². The lowest BCUT2D eigenvalue weighted by atomic mass is 11.0. The Morgan fingerprint density at radius 3 is 2.33 bits per heavy atom. The zero-order valence-corrected chi connectivity index (χ0v) is 2.87. The van der Waals surface area contributed by atoms with Gasteiger partial charge >= 0.3 is 0 Å². The van der Waals surface area contributed by atoms with Crippen LogP contribution in [-0.4, -0.2) is 10.0 Å². The smallest absolute Gasteiger partial charge is 0.268 e. The summed E-state index contributed by atoms with van der Waals surface area (Å²) in [6.07, 6.45) is 0.819. The van der Waals surface area contributed by atoms with Crippen molar-refractivity contribution in [3.63, 3.8) is 0 Å². The van der Waals surface area contributed by atoms with E-state index < -0.39 is 4.92 Å². The highest BCUT2D eigenvalue weighted by Gasteiger charge is 1.75. The molecule has 0 spiro atoms. The molecule has 0 atom stereocenters. The third kappa shape index (κ3) is 2.94. The molecule has 0 saturated heterocycles. The highest BCUT2D eigenvalue weighted by molar-refractivity contribution is 4.53. The van der Waals surface area contributed by atoms with Crippen LogP contribution in [0.5, 0.6) is 0 Å². The van der Waals surface area contributed by atoms with Crippen molar-refractivity contribution in [3.8, 4) is 0 Å². The Labute approximate surface area is 33.9 Å². The minimum absolute atomic E-state index is 0.375. The summed E-state index contributed by atoms with van der Waals surface area (Å²) in [5, 5.41) is 16.8. The predicted octanol–water partition coefficient (Wildman–Crippen LogP) is 0.292. The van der Waals surface area contributed by atoms with Crippen LogP contribution in [0, 0.1) is 10.1 Å². The van der Waals surface area contributed by atoms with Crippen molar-refractivity contribution in [2.75, 3.05) is 0 Å². The molecule has 0 aliphatic heterocycles. The maximum absolute atomic E-state index is 9.16. The Balaban J connectivity index is 3.30. The Hall–Kier alpha value is -1.06. The minimum atomic E-state index is -0.750. The van der Waals surface area contributed by atoms with Crippen LogP contribution in [0.3, 0.4) is 0 Å². The molecule has 0 aromatic carbocycles. The normalized spacial score (nSPS) is 9.33. The summed E-state index contributed by atoms with van der Waals surface area (Å²) in [4.78, 5) is 8.41. The quantitative estimate of drug-likeness (QED) is 0.285. The molecule has 0 aromatic rings. The molecule has 0 amide bonds. The molecule has 0 saturated carbocycles. The molecule has 0 fully saturated rings. The van der Waals surface area contributed by atoms with E-state index in [0.717, 1.165) is 0 Å². The number of rotatable bonds is 1. The van der Waals surface area contributed by atoms with Gasteiger partial charge in [-0.2, -0.15) is 0 Å². The first kappa shape index (κ1) is 4.94. The Kier molecular flexibility index (Phi) is 1.81. The van der Waals surface area contributed by atoms with Crippen LogP contribution in [0.1, 0.15) is 0 Å². The van der Waals surface area contributed by atoms with E-state index in [4.69, 9.17) is 15.2 Å². The fraction of sp³-hybridized carbons (Fsp3) is 0. The minimum Gasteiger partial charge on any atom is -0.509 e. The van der Waals surface area contributed by atoms with Crippen molar-refractivity contribution in [2.45, 2.75) is 0 Å². The molecule has 0 bridgehead atoms. The zero-order chi connectivity index (χ0) is 4.99. The molecule has 0 heterocycles. The van der Waals surface area contributed by atoms with Gasteiger partial charge < -0.3 is 5.11 Å². The fourth-order valence-corrected chi connectivity index (χ4v) is 0.0544.